The van der Waals surface area contributed by atoms with Gasteiger partial charge in [-0.2, -0.15) is 0 Å². The van der Waals surface area contributed by atoms with Gasteiger partial charge in [0, 0.05) is 12.4 Å². The summed E-state index contributed by atoms with van der Waals surface area (Å²) in [5, 5.41) is 10.7. The van der Waals surface area contributed by atoms with Gasteiger partial charge in [-0.1, -0.05) is 37.3 Å². The molecular formula is C14H20ClNO. The fourth-order valence-electron chi connectivity index (χ4n) is 2.65. The number of aromatic nitrogens is 1. The van der Waals surface area contributed by atoms with Crippen molar-refractivity contribution in [2.45, 2.75) is 51.0 Å². The Morgan fingerprint density at radius 3 is 2.88 bits per heavy atom. The molecule has 1 aliphatic carbocycles. The molecule has 1 N–H and O–H groups in total. The summed E-state index contributed by atoms with van der Waals surface area (Å²) in [6.07, 6.45) is 11.2. The van der Waals surface area contributed by atoms with Crippen LogP contribution >= 0.6 is 11.6 Å². The average molecular weight is 254 g/mol. The third-order valence-corrected chi connectivity index (χ3v) is 4.04. The van der Waals surface area contributed by atoms with Crippen molar-refractivity contribution < 1.29 is 5.11 Å². The molecule has 1 heterocycles. The van der Waals surface area contributed by atoms with Crippen LogP contribution in [0.3, 0.4) is 0 Å². The minimum absolute atomic E-state index is 0.268. The predicted octanol–water partition coefficient (Wildman–Crippen LogP) is 3.61. The molecule has 0 aromatic carbocycles. The third-order valence-electron chi connectivity index (χ3n) is 3.69. The molecule has 2 nitrogen and oxygen atoms in total. The largest absolute Gasteiger partial charge is 0.393 e. The van der Waals surface area contributed by atoms with Crippen LogP contribution in [-0.2, 0) is 6.42 Å². The van der Waals surface area contributed by atoms with E-state index in [1.165, 1.54) is 25.7 Å². The number of aliphatic hydroxyl groups is 1. The van der Waals surface area contributed by atoms with Crippen molar-refractivity contribution in [2.75, 3.05) is 0 Å². The second-order valence-electron chi connectivity index (χ2n) is 5.05. The number of hydrogen-bond acceptors (Lipinski definition) is 2. The molecule has 94 valence electrons. The van der Waals surface area contributed by atoms with Crippen molar-refractivity contribution in [1.82, 2.24) is 4.98 Å². The van der Waals surface area contributed by atoms with Crippen LogP contribution in [0.4, 0.5) is 0 Å². The van der Waals surface area contributed by atoms with E-state index in [1.54, 1.807) is 12.4 Å². The molecule has 1 unspecified atom stereocenters. The minimum Gasteiger partial charge on any atom is -0.393 e. The van der Waals surface area contributed by atoms with Gasteiger partial charge in [0.1, 0.15) is 0 Å². The lowest BCUT2D eigenvalue weighted by atomic mass is 9.97. The highest BCUT2D eigenvalue weighted by Gasteiger charge is 2.17. The van der Waals surface area contributed by atoms with Crippen LogP contribution in [0, 0.1) is 5.92 Å². The van der Waals surface area contributed by atoms with E-state index >= 15 is 0 Å². The fourth-order valence-corrected chi connectivity index (χ4v) is 2.85. The first kappa shape index (κ1) is 12.8. The van der Waals surface area contributed by atoms with E-state index in [-0.39, 0.29) is 6.10 Å². The number of aliphatic hydroxyl groups excluding tert-OH is 1. The molecule has 0 bridgehead atoms. The molecule has 0 spiro atoms. The first-order valence-electron chi connectivity index (χ1n) is 6.52. The topological polar surface area (TPSA) is 33.1 Å². The first-order chi connectivity index (χ1) is 8.25. The summed E-state index contributed by atoms with van der Waals surface area (Å²) in [5.41, 5.74) is 1.00. The average Bonchev–Trinajstić information content (AvgIpc) is 2.82. The standard InChI is InChI=1S/C14H20ClNO/c15-14-10-16-8-7-12(14)9-13(17)6-5-11-3-1-2-4-11/h7-8,10-11,13,17H,1-6,9H2. The van der Waals surface area contributed by atoms with E-state index in [1.807, 2.05) is 6.07 Å². The second kappa shape index (κ2) is 6.36. The van der Waals surface area contributed by atoms with E-state index in [0.29, 0.717) is 11.4 Å². The Balaban J connectivity index is 1.76. The Morgan fingerprint density at radius 1 is 1.41 bits per heavy atom. The van der Waals surface area contributed by atoms with Crippen molar-refractivity contribution in [3.63, 3.8) is 0 Å². The predicted molar refractivity (Wildman–Crippen MR) is 70.1 cm³/mol. The summed E-state index contributed by atoms with van der Waals surface area (Å²) in [6, 6.07) is 1.89. The lowest BCUT2D eigenvalue weighted by Crippen LogP contribution is -2.12. The van der Waals surface area contributed by atoms with E-state index < -0.39 is 0 Å². The van der Waals surface area contributed by atoms with E-state index in [4.69, 9.17) is 11.6 Å². The van der Waals surface area contributed by atoms with Crippen molar-refractivity contribution in [3.8, 4) is 0 Å². The molecule has 1 atom stereocenters. The molecular weight excluding hydrogens is 234 g/mol. The van der Waals surface area contributed by atoms with Gasteiger partial charge in [-0.15, -0.1) is 0 Å². The molecule has 0 radical (unpaired) electrons. The molecule has 0 amide bonds. The van der Waals surface area contributed by atoms with Gasteiger partial charge in [0.2, 0.25) is 0 Å². The smallest absolute Gasteiger partial charge is 0.0622 e. The Hall–Kier alpha value is -0.600. The Kier molecular flexibility index (Phi) is 4.81. The molecule has 1 fully saturated rings. The van der Waals surface area contributed by atoms with E-state index in [0.717, 1.165) is 24.3 Å². The number of halogens is 1. The lowest BCUT2D eigenvalue weighted by Gasteiger charge is -2.14. The molecule has 17 heavy (non-hydrogen) atoms. The maximum Gasteiger partial charge on any atom is 0.0622 e. The number of hydrogen-bond donors (Lipinski definition) is 1. The van der Waals surface area contributed by atoms with Crippen LogP contribution in [0.2, 0.25) is 5.02 Å². The van der Waals surface area contributed by atoms with Gasteiger partial charge < -0.3 is 5.11 Å². The number of nitrogens with zero attached hydrogens (tertiary/aromatic N) is 1. The second-order valence-corrected chi connectivity index (χ2v) is 5.46. The lowest BCUT2D eigenvalue weighted by molar-refractivity contribution is 0.155. The van der Waals surface area contributed by atoms with Crippen molar-refractivity contribution in [2.24, 2.45) is 5.92 Å². The zero-order valence-corrected chi connectivity index (χ0v) is 10.9. The summed E-state index contributed by atoms with van der Waals surface area (Å²) >= 11 is 6.02. The molecule has 2 rings (SSSR count). The van der Waals surface area contributed by atoms with Crippen molar-refractivity contribution in [1.29, 1.82) is 0 Å². The van der Waals surface area contributed by atoms with E-state index in [9.17, 15) is 5.11 Å². The highest BCUT2D eigenvalue weighted by molar-refractivity contribution is 6.31. The van der Waals surface area contributed by atoms with Gasteiger partial charge >= 0.3 is 0 Å². The van der Waals surface area contributed by atoms with Gasteiger partial charge in [0.25, 0.3) is 0 Å². The maximum atomic E-state index is 10.0. The summed E-state index contributed by atoms with van der Waals surface area (Å²) in [5.74, 6) is 0.845. The molecule has 1 saturated carbocycles. The highest BCUT2D eigenvalue weighted by atomic mass is 35.5. The van der Waals surface area contributed by atoms with Gasteiger partial charge in [0.05, 0.1) is 11.1 Å². The molecule has 3 heteroatoms. The maximum absolute atomic E-state index is 10.0. The van der Waals surface area contributed by atoms with Crippen LogP contribution in [0.15, 0.2) is 18.5 Å². The highest BCUT2D eigenvalue weighted by Crippen LogP contribution is 2.29. The minimum atomic E-state index is -0.268. The summed E-state index contributed by atoms with van der Waals surface area (Å²) < 4.78 is 0. The first-order valence-corrected chi connectivity index (χ1v) is 6.90. The monoisotopic (exact) mass is 253 g/mol. The van der Waals surface area contributed by atoms with Crippen LogP contribution in [0.25, 0.3) is 0 Å². The Bertz CT molecular complexity index is 350. The number of rotatable bonds is 5. The third kappa shape index (κ3) is 3.97. The van der Waals surface area contributed by atoms with Gasteiger partial charge in [-0.3, -0.25) is 4.98 Å². The molecule has 1 aromatic rings. The van der Waals surface area contributed by atoms with E-state index in [2.05, 4.69) is 4.98 Å². The fraction of sp³-hybridized carbons (Fsp3) is 0.643. The van der Waals surface area contributed by atoms with Crippen LogP contribution in [0.5, 0.6) is 0 Å². The summed E-state index contributed by atoms with van der Waals surface area (Å²) in [7, 11) is 0. The Morgan fingerprint density at radius 2 is 2.18 bits per heavy atom. The van der Waals surface area contributed by atoms with Gasteiger partial charge in [0.15, 0.2) is 0 Å². The van der Waals surface area contributed by atoms with Crippen LogP contribution in [-0.4, -0.2) is 16.2 Å². The zero-order valence-electron chi connectivity index (χ0n) is 10.1. The normalized spacial score (nSPS) is 18.5. The Labute approximate surface area is 108 Å². The summed E-state index contributed by atoms with van der Waals surface area (Å²) in [6.45, 7) is 0. The van der Waals surface area contributed by atoms with Gasteiger partial charge in [-0.25, -0.2) is 0 Å². The van der Waals surface area contributed by atoms with Gasteiger partial charge in [-0.05, 0) is 36.8 Å². The molecule has 1 aliphatic rings. The molecule has 0 saturated heterocycles. The van der Waals surface area contributed by atoms with Crippen LogP contribution in [0.1, 0.15) is 44.1 Å². The summed E-state index contributed by atoms with van der Waals surface area (Å²) in [4.78, 5) is 3.95. The van der Waals surface area contributed by atoms with Crippen LogP contribution < -0.4 is 0 Å². The quantitative estimate of drug-likeness (QED) is 0.870. The number of pyridine rings is 1. The molecule has 0 aliphatic heterocycles. The zero-order chi connectivity index (χ0) is 12.1. The molecule has 1 aromatic heterocycles. The van der Waals surface area contributed by atoms with Crippen molar-refractivity contribution in [3.05, 3.63) is 29.0 Å². The van der Waals surface area contributed by atoms with Crippen molar-refractivity contribution >= 4 is 11.6 Å². The SMILES string of the molecule is OC(CCC1CCCC1)Cc1ccncc1Cl.